The number of amides is 4. The van der Waals surface area contributed by atoms with Gasteiger partial charge in [0, 0.05) is 64.1 Å². The molecule has 6 N–H and O–H groups in total. The Hall–Kier alpha value is -5.61. The summed E-state index contributed by atoms with van der Waals surface area (Å²) < 4.78 is 0. The normalized spacial score (nSPS) is 17.7. The monoisotopic (exact) mass is 797 g/mol. The van der Waals surface area contributed by atoms with Crippen molar-refractivity contribution in [3.63, 3.8) is 0 Å². The number of para-hydroxylation sites is 1. The molecule has 0 radical (unpaired) electrons. The van der Waals surface area contributed by atoms with Gasteiger partial charge in [0.15, 0.2) is 5.82 Å². The molecule has 16 heteroatoms. The number of hydrogen-bond donors (Lipinski definition) is 5. The summed E-state index contributed by atoms with van der Waals surface area (Å²) in [7, 11) is 0. The van der Waals surface area contributed by atoms with Gasteiger partial charge in [-0.25, -0.2) is 4.98 Å². The maximum absolute atomic E-state index is 14.0. The van der Waals surface area contributed by atoms with Crippen LogP contribution >= 0.6 is 11.3 Å². The Balaban J connectivity index is 0.978. The van der Waals surface area contributed by atoms with Crippen molar-refractivity contribution in [3.05, 3.63) is 71.4 Å². The van der Waals surface area contributed by atoms with Crippen LogP contribution < -0.4 is 21.3 Å². The van der Waals surface area contributed by atoms with E-state index in [9.17, 15) is 29.4 Å². The summed E-state index contributed by atoms with van der Waals surface area (Å²) in [4.78, 5) is 64.4. The van der Waals surface area contributed by atoms with Crippen LogP contribution in [0.3, 0.4) is 0 Å². The third-order valence-corrected chi connectivity index (χ3v) is 11.4. The van der Waals surface area contributed by atoms with E-state index in [2.05, 4.69) is 25.8 Å². The number of aromatic nitrogens is 3. The predicted molar refractivity (Wildman–Crippen MR) is 218 cm³/mol. The number of benzene rings is 2. The second kappa shape index (κ2) is 17.7. The number of nitrogens with zero attached hydrogens (tertiary/aromatic N) is 6. The number of anilines is 2. The van der Waals surface area contributed by atoms with Crippen LogP contribution in [-0.4, -0.2) is 110 Å². The van der Waals surface area contributed by atoms with Crippen molar-refractivity contribution in [3.8, 4) is 27.4 Å². The number of piperazine rings is 1. The van der Waals surface area contributed by atoms with Gasteiger partial charge >= 0.3 is 0 Å². The Labute approximate surface area is 336 Å². The number of likely N-dealkylation sites (tertiary alicyclic amines) is 1. The van der Waals surface area contributed by atoms with Crippen molar-refractivity contribution < 1.29 is 29.4 Å². The zero-order valence-corrected chi connectivity index (χ0v) is 33.6. The lowest BCUT2D eigenvalue weighted by Crippen LogP contribution is -2.57. The van der Waals surface area contributed by atoms with Gasteiger partial charge in [-0.2, -0.15) is 0 Å². The van der Waals surface area contributed by atoms with Gasteiger partial charge in [0.25, 0.3) is 0 Å². The van der Waals surface area contributed by atoms with E-state index in [1.807, 2.05) is 62.4 Å². The van der Waals surface area contributed by atoms with Crippen LogP contribution in [0, 0.1) is 12.3 Å². The molecule has 2 aliphatic rings. The van der Waals surface area contributed by atoms with E-state index >= 15 is 0 Å². The molecule has 4 aromatic rings. The molecule has 2 aromatic carbocycles. The summed E-state index contributed by atoms with van der Waals surface area (Å²) in [6.45, 7) is 9.63. The number of carbonyl (C=O) groups excluding carboxylic acids is 4. The number of phenols is 1. The van der Waals surface area contributed by atoms with Crippen molar-refractivity contribution in [1.82, 2.24) is 35.6 Å². The summed E-state index contributed by atoms with van der Waals surface area (Å²) in [6, 6.07) is 14.6. The topological polar surface area (TPSA) is 207 Å². The summed E-state index contributed by atoms with van der Waals surface area (Å²) >= 11 is 1.57. The number of aliphatic hydroxyl groups excluding tert-OH is 1. The fourth-order valence-corrected chi connectivity index (χ4v) is 8.05. The Bertz CT molecular complexity index is 2080. The Morgan fingerprint density at radius 2 is 1.72 bits per heavy atom. The number of thiazole rings is 1. The number of phenolic OH excluding ortho intramolecular Hbond substituents is 1. The van der Waals surface area contributed by atoms with E-state index in [1.54, 1.807) is 46.6 Å². The molecule has 0 bridgehead atoms. The fraction of sp³-hybridized carbons (Fsp3) is 0.439. The van der Waals surface area contributed by atoms with Crippen molar-refractivity contribution in [2.75, 3.05) is 43.4 Å². The Morgan fingerprint density at radius 3 is 2.39 bits per heavy atom. The minimum Gasteiger partial charge on any atom is -0.507 e. The smallest absolute Gasteiger partial charge is 0.246 e. The standard InChI is InChI=1S/C41H51N9O6S/c1-25-36(57-24-44-25)27-14-12-26(13-15-27)22-43-39(55)32-20-28(51)23-50(32)40(56)37(41(2,3)4)45-34(53)10-7-11-35(54)49-18-16-48(17-19-49)31-21-30(46-47-38(31)42)29-8-5-6-9-33(29)52/h5-6,8-9,12-15,21,24,28,32,37,51-52H,7,10-11,16-20,22-23H2,1-4H3,(H2,42,47)(H,43,55)(H,45,53)/t28-,32+,37-/m1/s1. The lowest BCUT2D eigenvalue weighted by atomic mass is 9.85. The number of aryl methyl sites for hydroxylation is 1. The third-order valence-electron chi connectivity index (χ3n) is 10.5. The van der Waals surface area contributed by atoms with E-state index in [4.69, 9.17) is 5.73 Å². The Morgan fingerprint density at radius 1 is 1.00 bits per heavy atom. The molecular formula is C41H51N9O6S. The van der Waals surface area contributed by atoms with Gasteiger partial charge in [0.05, 0.1) is 33.6 Å². The van der Waals surface area contributed by atoms with Crippen LogP contribution in [0.1, 0.15) is 57.7 Å². The highest BCUT2D eigenvalue weighted by atomic mass is 32.1. The molecule has 2 fully saturated rings. The van der Waals surface area contributed by atoms with Gasteiger partial charge < -0.3 is 41.3 Å². The summed E-state index contributed by atoms with van der Waals surface area (Å²) in [5, 5.41) is 34.9. The van der Waals surface area contributed by atoms with Crippen LogP contribution in [0.2, 0.25) is 0 Å². The molecule has 0 spiro atoms. The first-order valence-electron chi connectivity index (χ1n) is 19.2. The molecule has 2 aliphatic heterocycles. The van der Waals surface area contributed by atoms with Gasteiger partial charge in [-0.3, -0.25) is 19.2 Å². The lowest BCUT2D eigenvalue weighted by molar-refractivity contribution is -0.144. The number of aliphatic hydroxyl groups is 1. The number of aromatic hydroxyl groups is 1. The first kappa shape index (κ1) is 41.0. The van der Waals surface area contributed by atoms with Crippen LogP contribution in [-0.2, 0) is 25.7 Å². The highest BCUT2D eigenvalue weighted by Gasteiger charge is 2.44. The highest BCUT2D eigenvalue weighted by molar-refractivity contribution is 7.13. The second-order valence-corrected chi connectivity index (χ2v) is 16.5. The van der Waals surface area contributed by atoms with Gasteiger partial charge in [-0.1, -0.05) is 57.2 Å². The molecule has 0 saturated carbocycles. The van der Waals surface area contributed by atoms with Crippen LogP contribution in [0.15, 0.2) is 60.1 Å². The van der Waals surface area contributed by atoms with Crippen LogP contribution in [0.25, 0.3) is 21.7 Å². The van der Waals surface area contributed by atoms with E-state index in [1.165, 1.54) is 4.90 Å². The average molecular weight is 798 g/mol. The molecule has 0 aliphatic carbocycles. The van der Waals surface area contributed by atoms with Gasteiger partial charge in [-0.15, -0.1) is 21.5 Å². The molecule has 57 heavy (non-hydrogen) atoms. The molecule has 15 nitrogen and oxygen atoms in total. The first-order chi connectivity index (χ1) is 27.2. The van der Waals surface area contributed by atoms with E-state index in [-0.39, 0.29) is 61.6 Å². The molecule has 302 valence electrons. The highest BCUT2D eigenvalue weighted by Crippen LogP contribution is 2.32. The molecular weight excluding hydrogens is 747 g/mol. The first-order valence-corrected chi connectivity index (χ1v) is 20.1. The molecule has 2 saturated heterocycles. The van der Waals surface area contributed by atoms with Crippen molar-refractivity contribution in [2.24, 2.45) is 5.41 Å². The van der Waals surface area contributed by atoms with Crippen molar-refractivity contribution >= 4 is 46.5 Å². The predicted octanol–water partition coefficient (Wildman–Crippen LogP) is 3.49. The average Bonchev–Trinajstić information content (AvgIpc) is 3.81. The number of nitrogen functional groups attached to an aromatic ring is 1. The SMILES string of the molecule is Cc1ncsc1-c1ccc(CNC(=O)[C@@H]2C[C@@H](O)CN2C(=O)[C@@H](NC(=O)CCCC(=O)N2CCN(c3cc(-c4ccccc4O)nnc3N)CC2)C(C)(C)C)cc1. The number of β-amino-alcohol motifs (C(OH)–C–C–N with tert-alkyl or cyclic N) is 1. The maximum atomic E-state index is 14.0. The van der Waals surface area contributed by atoms with E-state index in [0.29, 0.717) is 49.5 Å². The minimum atomic E-state index is -0.960. The summed E-state index contributed by atoms with van der Waals surface area (Å²) in [6.07, 6.45) is -0.302. The number of hydrogen-bond acceptors (Lipinski definition) is 12. The zero-order valence-electron chi connectivity index (χ0n) is 32.8. The molecule has 3 atom stereocenters. The number of nitrogens with one attached hydrogen (secondary N) is 2. The third kappa shape index (κ3) is 9.86. The largest absolute Gasteiger partial charge is 0.507 e. The number of carbonyl (C=O) groups is 4. The van der Waals surface area contributed by atoms with E-state index in [0.717, 1.165) is 21.7 Å². The zero-order chi connectivity index (χ0) is 40.9. The molecule has 0 unspecified atom stereocenters. The van der Waals surface area contributed by atoms with Crippen molar-refractivity contribution in [2.45, 2.75) is 78.1 Å². The summed E-state index contributed by atoms with van der Waals surface area (Å²) in [5.74, 6) is -0.926. The number of nitrogens with two attached hydrogens (primary N) is 1. The molecule has 6 rings (SSSR count). The van der Waals surface area contributed by atoms with Gasteiger partial charge in [0.2, 0.25) is 23.6 Å². The van der Waals surface area contributed by atoms with Gasteiger partial charge in [0.1, 0.15) is 17.8 Å². The van der Waals surface area contributed by atoms with Crippen molar-refractivity contribution in [1.29, 1.82) is 0 Å². The van der Waals surface area contributed by atoms with Crippen LogP contribution in [0.4, 0.5) is 11.5 Å². The fourth-order valence-electron chi connectivity index (χ4n) is 7.23. The molecule has 4 amide bonds. The lowest BCUT2D eigenvalue weighted by Gasteiger charge is -2.36. The summed E-state index contributed by atoms with van der Waals surface area (Å²) in [5.41, 5.74) is 11.9. The van der Waals surface area contributed by atoms with Crippen LogP contribution in [0.5, 0.6) is 5.75 Å². The molecule has 4 heterocycles. The second-order valence-electron chi connectivity index (χ2n) is 15.7. The number of rotatable bonds is 12. The minimum absolute atomic E-state index is 0.0217. The molecule has 2 aromatic heterocycles. The van der Waals surface area contributed by atoms with E-state index < -0.39 is 29.5 Å². The van der Waals surface area contributed by atoms with Gasteiger partial charge in [-0.05, 0) is 48.1 Å². The quantitative estimate of drug-likeness (QED) is 0.140. The maximum Gasteiger partial charge on any atom is 0.246 e. The Kier molecular flexibility index (Phi) is 12.7.